The van der Waals surface area contributed by atoms with Crippen molar-refractivity contribution in [2.45, 2.75) is 30.7 Å². The quantitative estimate of drug-likeness (QED) is 0.884. The predicted molar refractivity (Wildman–Crippen MR) is 91.6 cm³/mol. The number of halogens is 1. The molecule has 3 rings (SSSR count). The van der Waals surface area contributed by atoms with E-state index in [2.05, 4.69) is 15.6 Å². The van der Waals surface area contributed by atoms with Crippen LogP contribution in [0.3, 0.4) is 0 Å². The lowest BCUT2D eigenvalue weighted by molar-refractivity contribution is 0.236. The van der Waals surface area contributed by atoms with Crippen LogP contribution in [0, 0.1) is 12.7 Å². The number of urea groups is 1. The van der Waals surface area contributed by atoms with Crippen molar-refractivity contribution >= 4 is 29.1 Å². The number of fused-ring (bicyclic) bond motifs is 1. The highest BCUT2D eigenvalue weighted by Gasteiger charge is 2.24. The number of carbonyl (C=O) groups is 1. The first-order chi connectivity index (χ1) is 11.1. The van der Waals surface area contributed by atoms with Crippen LogP contribution in [0.25, 0.3) is 0 Å². The van der Waals surface area contributed by atoms with E-state index in [1.54, 1.807) is 17.4 Å². The maximum Gasteiger partial charge on any atom is 0.315 e. The SMILES string of the molecule is Cc1nc(CCNC(=O)NC2CCSc3c(F)cccc32)cs1. The third-order valence-corrected chi connectivity index (χ3v) is 5.65. The number of benzene rings is 1. The lowest BCUT2D eigenvalue weighted by atomic mass is 10.0. The molecule has 1 atom stereocenters. The van der Waals surface area contributed by atoms with Crippen molar-refractivity contribution in [2.75, 3.05) is 12.3 Å². The molecule has 0 radical (unpaired) electrons. The fourth-order valence-electron chi connectivity index (χ4n) is 2.57. The van der Waals surface area contributed by atoms with Gasteiger partial charge in [0.05, 0.1) is 16.7 Å². The fraction of sp³-hybridized carbons (Fsp3) is 0.375. The van der Waals surface area contributed by atoms with Gasteiger partial charge in [-0.15, -0.1) is 23.1 Å². The molecule has 1 aliphatic rings. The minimum Gasteiger partial charge on any atom is -0.338 e. The third-order valence-electron chi connectivity index (χ3n) is 3.66. The van der Waals surface area contributed by atoms with Crippen molar-refractivity contribution in [2.24, 2.45) is 0 Å². The summed E-state index contributed by atoms with van der Waals surface area (Å²) in [5.74, 6) is 0.593. The maximum atomic E-state index is 13.8. The number of aromatic nitrogens is 1. The van der Waals surface area contributed by atoms with Crippen molar-refractivity contribution in [1.29, 1.82) is 0 Å². The summed E-state index contributed by atoms with van der Waals surface area (Å²) in [6.07, 6.45) is 1.52. The average Bonchev–Trinajstić information content (AvgIpc) is 2.94. The lowest BCUT2D eigenvalue weighted by Crippen LogP contribution is -2.39. The summed E-state index contributed by atoms with van der Waals surface area (Å²) in [6, 6.07) is 4.68. The van der Waals surface area contributed by atoms with E-state index in [1.807, 2.05) is 18.4 Å². The van der Waals surface area contributed by atoms with E-state index in [9.17, 15) is 9.18 Å². The van der Waals surface area contributed by atoms with Crippen LogP contribution in [0.5, 0.6) is 0 Å². The Balaban J connectivity index is 1.54. The molecule has 122 valence electrons. The minimum absolute atomic E-state index is 0.136. The van der Waals surface area contributed by atoms with Gasteiger partial charge in [-0.05, 0) is 25.0 Å². The van der Waals surface area contributed by atoms with Crippen LogP contribution in [0.4, 0.5) is 9.18 Å². The first-order valence-electron chi connectivity index (χ1n) is 7.50. The maximum absolute atomic E-state index is 13.8. The number of aryl methyl sites for hydroxylation is 1. The number of thioether (sulfide) groups is 1. The van der Waals surface area contributed by atoms with E-state index in [-0.39, 0.29) is 17.9 Å². The van der Waals surface area contributed by atoms with E-state index >= 15 is 0 Å². The molecule has 2 aromatic rings. The Hall–Kier alpha value is -1.60. The highest BCUT2D eigenvalue weighted by atomic mass is 32.2. The van der Waals surface area contributed by atoms with Crippen LogP contribution in [0.15, 0.2) is 28.5 Å². The molecule has 4 nitrogen and oxygen atoms in total. The van der Waals surface area contributed by atoms with Gasteiger partial charge in [0.1, 0.15) is 5.82 Å². The van der Waals surface area contributed by atoms with Crippen molar-refractivity contribution in [3.05, 3.63) is 45.7 Å². The van der Waals surface area contributed by atoms with E-state index in [0.29, 0.717) is 17.9 Å². The largest absolute Gasteiger partial charge is 0.338 e. The normalized spacial score (nSPS) is 16.7. The second kappa shape index (κ2) is 7.31. The molecule has 0 spiro atoms. The van der Waals surface area contributed by atoms with E-state index in [1.165, 1.54) is 17.8 Å². The number of carbonyl (C=O) groups excluding carboxylic acids is 1. The first kappa shape index (κ1) is 16.3. The molecule has 0 fully saturated rings. The highest BCUT2D eigenvalue weighted by molar-refractivity contribution is 7.99. The fourth-order valence-corrected chi connectivity index (χ4v) is 4.36. The summed E-state index contributed by atoms with van der Waals surface area (Å²) in [5.41, 5.74) is 1.86. The summed E-state index contributed by atoms with van der Waals surface area (Å²) >= 11 is 3.12. The number of nitrogens with one attached hydrogen (secondary N) is 2. The van der Waals surface area contributed by atoms with Crippen LogP contribution in [-0.2, 0) is 6.42 Å². The van der Waals surface area contributed by atoms with Crippen LogP contribution in [-0.4, -0.2) is 23.3 Å². The zero-order chi connectivity index (χ0) is 16.2. The monoisotopic (exact) mass is 351 g/mol. The second-order valence-corrected chi connectivity index (χ2v) is 7.52. The number of rotatable bonds is 4. The van der Waals surface area contributed by atoms with Crippen molar-refractivity contribution in [1.82, 2.24) is 15.6 Å². The van der Waals surface area contributed by atoms with Gasteiger partial charge in [0.2, 0.25) is 0 Å². The summed E-state index contributed by atoms with van der Waals surface area (Å²) in [7, 11) is 0. The Labute approximate surface area is 142 Å². The standard InChI is InChI=1S/C16H18FN3OS2/c1-10-19-11(9-23-10)5-7-18-16(21)20-14-6-8-22-15-12(14)3-2-4-13(15)17/h2-4,9,14H,5-8H2,1H3,(H2,18,20,21). The van der Waals surface area contributed by atoms with E-state index in [0.717, 1.165) is 28.4 Å². The summed E-state index contributed by atoms with van der Waals surface area (Å²) in [6.45, 7) is 2.50. The van der Waals surface area contributed by atoms with Gasteiger partial charge in [-0.2, -0.15) is 0 Å². The summed E-state index contributed by atoms with van der Waals surface area (Å²) in [4.78, 5) is 17.1. The molecule has 0 bridgehead atoms. The molecular weight excluding hydrogens is 333 g/mol. The van der Waals surface area contributed by atoms with Gasteiger partial charge in [0, 0.05) is 29.0 Å². The molecule has 1 unspecified atom stereocenters. The minimum atomic E-state index is -0.218. The number of thiazole rings is 1. The topological polar surface area (TPSA) is 54.0 Å². The summed E-state index contributed by atoms with van der Waals surface area (Å²) in [5, 5.41) is 8.83. The van der Waals surface area contributed by atoms with E-state index in [4.69, 9.17) is 0 Å². The highest BCUT2D eigenvalue weighted by Crippen LogP contribution is 2.37. The predicted octanol–water partition coefficient (Wildman–Crippen LogP) is 3.67. The molecular formula is C16H18FN3OS2. The average molecular weight is 351 g/mol. The van der Waals surface area contributed by atoms with Gasteiger partial charge in [-0.3, -0.25) is 0 Å². The van der Waals surface area contributed by atoms with Gasteiger partial charge in [0.15, 0.2) is 0 Å². The number of hydrogen-bond acceptors (Lipinski definition) is 4. The van der Waals surface area contributed by atoms with Crippen LogP contribution >= 0.6 is 23.1 Å². The Kier molecular flexibility index (Phi) is 5.17. The molecule has 1 aliphatic heterocycles. The first-order valence-corrected chi connectivity index (χ1v) is 9.36. The number of hydrogen-bond donors (Lipinski definition) is 2. The molecule has 0 saturated carbocycles. The zero-order valence-electron chi connectivity index (χ0n) is 12.8. The molecule has 2 amide bonds. The van der Waals surface area contributed by atoms with Gasteiger partial charge in [-0.25, -0.2) is 14.2 Å². The molecule has 7 heteroatoms. The molecule has 0 aliphatic carbocycles. The third kappa shape index (κ3) is 4.03. The molecule has 23 heavy (non-hydrogen) atoms. The second-order valence-electron chi connectivity index (χ2n) is 5.36. The lowest BCUT2D eigenvalue weighted by Gasteiger charge is -2.26. The van der Waals surface area contributed by atoms with Gasteiger partial charge in [0.25, 0.3) is 0 Å². The number of amides is 2. The van der Waals surface area contributed by atoms with Crippen LogP contribution < -0.4 is 10.6 Å². The van der Waals surface area contributed by atoms with Crippen molar-refractivity contribution in [3.63, 3.8) is 0 Å². The number of nitrogens with zero attached hydrogens (tertiary/aromatic N) is 1. The molecule has 1 aromatic carbocycles. The van der Waals surface area contributed by atoms with Gasteiger partial charge >= 0.3 is 6.03 Å². The van der Waals surface area contributed by atoms with Gasteiger partial charge in [-0.1, -0.05) is 12.1 Å². The molecule has 0 saturated heterocycles. The smallest absolute Gasteiger partial charge is 0.315 e. The van der Waals surface area contributed by atoms with E-state index < -0.39 is 0 Å². The molecule has 1 aromatic heterocycles. The molecule has 2 N–H and O–H groups in total. The summed E-state index contributed by atoms with van der Waals surface area (Å²) < 4.78 is 13.8. The van der Waals surface area contributed by atoms with Crippen molar-refractivity contribution < 1.29 is 9.18 Å². The van der Waals surface area contributed by atoms with Crippen molar-refractivity contribution in [3.8, 4) is 0 Å². The Morgan fingerprint density at radius 2 is 2.35 bits per heavy atom. The Morgan fingerprint density at radius 1 is 1.48 bits per heavy atom. The van der Waals surface area contributed by atoms with Crippen LogP contribution in [0.1, 0.15) is 28.7 Å². The molecule has 2 heterocycles. The van der Waals surface area contributed by atoms with Crippen LogP contribution in [0.2, 0.25) is 0 Å². The van der Waals surface area contributed by atoms with Gasteiger partial charge < -0.3 is 10.6 Å². The zero-order valence-corrected chi connectivity index (χ0v) is 14.4. The Morgan fingerprint density at radius 3 is 3.13 bits per heavy atom. The Bertz CT molecular complexity index is 704.